The number of rotatable bonds is 3. The highest BCUT2D eigenvalue weighted by atomic mass is 16.5. The summed E-state index contributed by atoms with van der Waals surface area (Å²) >= 11 is 0. The van der Waals surface area contributed by atoms with Gasteiger partial charge in [-0.05, 0) is 56.9 Å². The van der Waals surface area contributed by atoms with Gasteiger partial charge in [-0.3, -0.25) is 14.4 Å². The molecule has 4 rings (SSSR count). The quantitative estimate of drug-likeness (QED) is 0.428. The predicted molar refractivity (Wildman–Crippen MR) is 139 cm³/mol. The maximum atomic E-state index is 14.2. The average molecular weight is 508 g/mol. The van der Waals surface area contributed by atoms with Gasteiger partial charge in [0.25, 0.3) is 0 Å². The summed E-state index contributed by atoms with van der Waals surface area (Å²) in [5.74, 6) is -2.92. The molecule has 2 aliphatic carbocycles. The van der Waals surface area contributed by atoms with E-state index in [4.69, 9.17) is 4.74 Å². The Morgan fingerprint density at radius 1 is 1.14 bits per heavy atom. The second-order valence-corrected chi connectivity index (χ2v) is 11.0. The molecule has 1 fully saturated rings. The topological polar surface area (TPSA) is 113 Å². The van der Waals surface area contributed by atoms with E-state index in [-0.39, 0.29) is 17.7 Å². The maximum absolute atomic E-state index is 14.2. The first kappa shape index (κ1) is 27.0. The van der Waals surface area contributed by atoms with Crippen molar-refractivity contribution < 1.29 is 29.3 Å². The summed E-state index contributed by atoms with van der Waals surface area (Å²) in [5.41, 5.74) is -0.500. The van der Waals surface area contributed by atoms with Crippen LogP contribution in [0.15, 0.2) is 65.8 Å². The van der Waals surface area contributed by atoms with Crippen molar-refractivity contribution in [2.75, 3.05) is 0 Å². The number of aliphatic hydroxyl groups excluding tert-OH is 1. The van der Waals surface area contributed by atoms with Crippen LogP contribution in [0.4, 0.5) is 0 Å². The Morgan fingerprint density at radius 2 is 1.81 bits per heavy atom. The molecule has 1 aliphatic heterocycles. The monoisotopic (exact) mass is 507 g/mol. The zero-order valence-corrected chi connectivity index (χ0v) is 22.1. The Kier molecular flexibility index (Phi) is 7.32. The van der Waals surface area contributed by atoms with Crippen molar-refractivity contribution in [2.45, 2.75) is 71.3 Å². The van der Waals surface area contributed by atoms with E-state index in [1.54, 1.807) is 19.1 Å². The first-order valence-corrected chi connectivity index (χ1v) is 12.9. The van der Waals surface area contributed by atoms with E-state index in [0.717, 1.165) is 16.7 Å². The van der Waals surface area contributed by atoms with Crippen molar-refractivity contribution in [2.24, 2.45) is 23.2 Å². The molecule has 0 aromatic heterocycles. The summed E-state index contributed by atoms with van der Waals surface area (Å²) in [6.45, 7) is 8.20. The molecule has 1 aromatic carbocycles. The standard InChI is InChI=1S/C30H37NO6/c1-17-10-9-13-22-26(33)19(3)18(2)25-23(16-21-11-7-6-8-12-21)31-28(35)30(22,25)24(37-20(4)32)14-15-29(5,36)27(17)34/h6-9,11-15,17,22-26,33,36H,10,16H2,1-5H3,(H,31,35)/t17-,22+,23+,24-,25?,26-,29-,30-/m1/s1. The lowest BCUT2D eigenvalue weighted by molar-refractivity contribution is -0.161. The van der Waals surface area contributed by atoms with Gasteiger partial charge in [0.1, 0.15) is 17.1 Å². The third kappa shape index (κ3) is 4.59. The maximum Gasteiger partial charge on any atom is 0.303 e. The zero-order valence-electron chi connectivity index (χ0n) is 22.1. The van der Waals surface area contributed by atoms with Gasteiger partial charge in [-0.1, -0.05) is 55.0 Å². The zero-order chi connectivity index (χ0) is 27.1. The van der Waals surface area contributed by atoms with Gasteiger partial charge in [-0.25, -0.2) is 0 Å². The molecule has 1 saturated heterocycles. The van der Waals surface area contributed by atoms with Crippen molar-refractivity contribution in [3.05, 3.63) is 71.3 Å². The fourth-order valence-electron chi connectivity index (χ4n) is 6.54. The van der Waals surface area contributed by atoms with Crippen molar-refractivity contribution in [3.63, 3.8) is 0 Å². The molecule has 0 radical (unpaired) electrons. The van der Waals surface area contributed by atoms with Crippen LogP contribution >= 0.6 is 0 Å². The number of aliphatic hydroxyl groups is 2. The second-order valence-electron chi connectivity index (χ2n) is 11.0. The molecule has 0 saturated carbocycles. The van der Waals surface area contributed by atoms with E-state index >= 15 is 0 Å². The van der Waals surface area contributed by atoms with Gasteiger partial charge in [0.15, 0.2) is 5.78 Å². The summed E-state index contributed by atoms with van der Waals surface area (Å²) in [6.07, 6.45) is 5.17. The third-order valence-electron chi connectivity index (χ3n) is 8.49. The summed E-state index contributed by atoms with van der Waals surface area (Å²) < 4.78 is 5.82. The molecule has 198 valence electrons. The van der Waals surface area contributed by atoms with Crippen LogP contribution in [0.5, 0.6) is 0 Å². The molecule has 3 N–H and O–H groups in total. The highest BCUT2D eigenvalue weighted by Gasteiger charge is 2.67. The van der Waals surface area contributed by atoms with E-state index in [2.05, 4.69) is 5.32 Å². The molecule has 7 nitrogen and oxygen atoms in total. The van der Waals surface area contributed by atoms with Gasteiger partial charge in [0.05, 0.1) is 6.10 Å². The number of Topliss-reactive ketones (excluding diaryl/α,β-unsaturated/α-hetero) is 1. The normalized spacial score (nSPS) is 37.9. The smallest absolute Gasteiger partial charge is 0.303 e. The minimum absolute atomic E-state index is 0.314. The molecular weight excluding hydrogens is 470 g/mol. The number of allylic oxidation sites excluding steroid dienone is 1. The van der Waals surface area contributed by atoms with Crippen LogP contribution in [0, 0.1) is 23.2 Å². The summed E-state index contributed by atoms with van der Waals surface area (Å²) in [4.78, 5) is 39.5. The molecule has 3 aliphatic rings. The van der Waals surface area contributed by atoms with E-state index in [1.165, 1.54) is 26.0 Å². The molecule has 7 heteroatoms. The third-order valence-corrected chi connectivity index (χ3v) is 8.49. The Morgan fingerprint density at radius 3 is 2.46 bits per heavy atom. The molecule has 1 spiro atoms. The van der Waals surface area contributed by atoms with Crippen molar-refractivity contribution in [1.29, 1.82) is 0 Å². The second kappa shape index (κ2) is 10.0. The molecule has 1 heterocycles. The number of nitrogens with one attached hydrogen (secondary N) is 1. The van der Waals surface area contributed by atoms with Crippen LogP contribution in [-0.2, 0) is 25.5 Å². The fourth-order valence-corrected chi connectivity index (χ4v) is 6.54. The number of amides is 1. The average Bonchev–Trinajstić information content (AvgIpc) is 3.13. The van der Waals surface area contributed by atoms with E-state index in [1.807, 2.05) is 44.2 Å². The highest BCUT2D eigenvalue weighted by molar-refractivity contribution is 5.91. The molecule has 1 aromatic rings. The van der Waals surface area contributed by atoms with Crippen LogP contribution in [0.1, 0.15) is 46.6 Å². The van der Waals surface area contributed by atoms with Gasteiger partial charge in [0.2, 0.25) is 5.91 Å². The SMILES string of the molecule is CC(=O)O[C@@H]1C=C[C@@](C)(O)C(=O)[C@H](C)CC=C[C@H]2[C@H](O)C(C)=C(C)C3[C@H](Cc4ccccc4)NC(=O)[C@@]312. The lowest BCUT2D eigenvalue weighted by Gasteiger charge is -2.49. The number of ketones is 1. The Bertz CT molecular complexity index is 1170. The van der Waals surface area contributed by atoms with Crippen LogP contribution < -0.4 is 5.32 Å². The lowest BCUT2D eigenvalue weighted by atomic mass is 9.54. The summed E-state index contributed by atoms with van der Waals surface area (Å²) in [6, 6.07) is 9.52. The number of carbonyl (C=O) groups excluding carboxylic acids is 3. The van der Waals surface area contributed by atoms with Crippen LogP contribution in [0.25, 0.3) is 0 Å². The number of carbonyl (C=O) groups is 3. The number of hydrogen-bond acceptors (Lipinski definition) is 6. The largest absolute Gasteiger partial charge is 0.457 e. The van der Waals surface area contributed by atoms with Crippen LogP contribution in [0.2, 0.25) is 0 Å². The Balaban J connectivity index is 1.96. The molecule has 37 heavy (non-hydrogen) atoms. The van der Waals surface area contributed by atoms with Crippen molar-refractivity contribution in [3.8, 4) is 0 Å². The summed E-state index contributed by atoms with van der Waals surface area (Å²) in [7, 11) is 0. The van der Waals surface area contributed by atoms with E-state index in [0.29, 0.717) is 12.8 Å². The van der Waals surface area contributed by atoms with Gasteiger partial charge < -0.3 is 20.3 Å². The van der Waals surface area contributed by atoms with Crippen LogP contribution in [-0.4, -0.2) is 51.7 Å². The molecular formula is C30H37NO6. The van der Waals surface area contributed by atoms with Crippen molar-refractivity contribution in [1.82, 2.24) is 5.32 Å². The minimum atomic E-state index is -1.82. The molecule has 1 amide bonds. The first-order valence-electron chi connectivity index (χ1n) is 12.9. The number of benzene rings is 1. The van der Waals surface area contributed by atoms with E-state index in [9.17, 15) is 24.6 Å². The van der Waals surface area contributed by atoms with Gasteiger partial charge >= 0.3 is 5.97 Å². The predicted octanol–water partition coefficient (Wildman–Crippen LogP) is 3.06. The molecule has 1 unspecified atom stereocenters. The van der Waals surface area contributed by atoms with Gasteiger partial charge in [-0.2, -0.15) is 0 Å². The highest BCUT2D eigenvalue weighted by Crippen LogP contribution is 2.57. The van der Waals surface area contributed by atoms with Crippen molar-refractivity contribution >= 4 is 17.7 Å². The Labute approximate surface area is 218 Å². The van der Waals surface area contributed by atoms with Gasteiger partial charge in [0, 0.05) is 30.7 Å². The number of ether oxygens (including phenoxy) is 1. The lowest BCUT2D eigenvalue weighted by Crippen LogP contribution is -2.58. The minimum Gasteiger partial charge on any atom is -0.457 e. The number of esters is 1. The summed E-state index contributed by atoms with van der Waals surface area (Å²) in [5, 5.41) is 25.7. The number of hydrogen-bond donors (Lipinski definition) is 3. The molecule has 0 bridgehead atoms. The Hall–Kier alpha value is -3.03. The van der Waals surface area contributed by atoms with Crippen LogP contribution in [0.3, 0.4) is 0 Å². The molecule has 8 atom stereocenters. The van der Waals surface area contributed by atoms with E-state index < -0.39 is 46.9 Å². The fraction of sp³-hybridized carbons (Fsp3) is 0.500. The van der Waals surface area contributed by atoms with Gasteiger partial charge in [-0.15, -0.1) is 0 Å². The first-order chi connectivity index (χ1) is 17.4.